The highest BCUT2D eigenvalue weighted by Crippen LogP contribution is 2.32. The number of nitrogens with one attached hydrogen (secondary N) is 1. The smallest absolute Gasteiger partial charge is 0.311 e. The van der Waals surface area contributed by atoms with Crippen molar-refractivity contribution in [2.75, 3.05) is 12.4 Å². The van der Waals surface area contributed by atoms with Crippen LogP contribution in [0.2, 0.25) is 0 Å². The highest BCUT2D eigenvalue weighted by Gasteiger charge is 2.30. The molecule has 1 heterocycles. The fourth-order valence-corrected chi connectivity index (χ4v) is 3.11. The van der Waals surface area contributed by atoms with Crippen LogP contribution in [0, 0.1) is 11.8 Å². The number of ether oxygens (including phenoxy) is 1. The van der Waals surface area contributed by atoms with Gasteiger partial charge in [-0.25, -0.2) is 4.98 Å². The van der Waals surface area contributed by atoms with Crippen LogP contribution >= 0.6 is 11.3 Å². The summed E-state index contributed by atoms with van der Waals surface area (Å²) in [5, 5.41) is 5.17. The number of hydrogen-bond donors (Lipinski definition) is 1. The van der Waals surface area contributed by atoms with Crippen molar-refractivity contribution in [3.05, 3.63) is 11.1 Å². The molecule has 2 rings (SSSR count). The monoisotopic (exact) mass is 282 g/mol. The number of methoxy groups -OCH3 is 1. The number of nitrogens with zero attached hydrogens (tertiary/aromatic N) is 1. The number of rotatable bonds is 4. The lowest BCUT2D eigenvalue weighted by atomic mass is 9.97. The van der Waals surface area contributed by atoms with Gasteiger partial charge in [-0.3, -0.25) is 9.59 Å². The standard InChI is InChI=1S/C13H18N2O3S/c1-8-4-3-5-10(8)12(17)15-13-14-9(7-19-13)6-11(16)18-2/h7-8,10H,3-6H2,1-2H3,(H,14,15,17). The normalized spacial score (nSPS) is 22.2. The van der Waals surface area contributed by atoms with E-state index in [-0.39, 0.29) is 24.2 Å². The van der Waals surface area contributed by atoms with Crippen molar-refractivity contribution in [3.63, 3.8) is 0 Å². The molecule has 6 heteroatoms. The third kappa shape index (κ3) is 3.53. The third-order valence-electron chi connectivity index (χ3n) is 3.53. The molecule has 1 aromatic rings. The predicted octanol–water partition coefficient (Wildman–Crippen LogP) is 2.23. The van der Waals surface area contributed by atoms with Gasteiger partial charge in [0.2, 0.25) is 5.91 Å². The zero-order valence-corrected chi connectivity index (χ0v) is 12.0. The van der Waals surface area contributed by atoms with Gasteiger partial charge in [-0.1, -0.05) is 13.3 Å². The van der Waals surface area contributed by atoms with E-state index in [1.54, 1.807) is 5.38 Å². The predicted molar refractivity (Wildman–Crippen MR) is 73.0 cm³/mol. The molecule has 19 heavy (non-hydrogen) atoms. The number of aromatic nitrogens is 1. The largest absolute Gasteiger partial charge is 0.469 e. The lowest BCUT2D eigenvalue weighted by molar-refractivity contribution is -0.139. The highest BCUT2D eigenvalue weighted by atomic mass is 32.1. The Labute approximate surface area is 116 Å². The van der Waals surface area contributed by atoms with Crippen LogP contribution in [0.3, 0.4) is 0 Å². The van der Waals surface area contributed by atoms with Crippen molar-refractivity contribution in [2.24, 2.45) is 11.8 Å². The summed E-state index contributed by atoms with van der Waals surface area (Å²) in [7, 11) is 1.35. The quantitative estimate of drug-likeness (QED) is 0.860. The maximum atomic E-state index is 12.1. The molecule has 1 aliphatic rings. The average molecular weight is 282 g/mol. The molecule has 2 unspecified atom stereocenters. The van der Waals surface area contributed by atoms with Crippen LogP contribution < -0.4 is 5.32 Å². The number of hydrogen-bond acceptors (Lipinski definition) is 5. The van der Waals surface area contributed by atoms with E-state index in [2.05, 4.69) is 22.0 Å². The first-order valence-corrected chi connectivity index (χ1v) is 7.30. The van der Waals surface area contributed by atoms with E-state index in [9.17, 15) is 9.59 Å². The molecule has 1 N–H and O–H groups in total. The van der Waals surface area contributed by atoms with Gasteiger partial charge in [-0.2, -0.15) is 0 Å². The number of carbonyl (C=O) groups excluding carboxylic acids is 2. The average Bonchev–Trinajstić information content (AvgIpc) is 2.98. The van der Waals surface area contributed by atoms with E-state index in [0.717, 1.165) is 19.3 Å². The van der Waals surface area contributed by atoms with Gasteiger partial charge in [-0.15, -0.1) is 11.3 Å². The van der Waals surface area contributed by atoms with Gasteiger partial charge in [0, 0.05) is 11.3 Å². The van der Waals surface area contributed by atoms with Crippen molar-refractivity contribution >= 4 is 28.3 Å². The lowest BCUT2D eigenvalue weighted by Gasteiger charge is -2.13. The summed E-state index contributed by atoms with van der Waals surface area (Å²) in [6, 6.07) is 0. The molecular formula is C13H18N2O3S. The van der Waals surface area contributed by atoms with E-state index in [1.165, 1.54) is 18.4 Å². The molecule has 2 atom stereocenters. The second-order valence-corrected chi connectivity index (χ2v) is 5.76. The van der Waals surface area contributed by atoms with E-state index in [4.69, 9.17) is 0 Å². The van der Waals surface area contributed by atoms with Crippen LogP contribution in [0.4, 0.5) is 5.13 Å². The second-order valence-electron chi connectivity index (χ2n) is 4.90. The van der Waals surface area contributed by atoms with Gasteiger partial charge in [0.25, 0.3) is 0 Å². The first-order valence-electron chi connectivity index (χ1n) is 6.42. The third-order valence-corrected chi connectivity index (χ3v) is 4.34. The first kappa shape index (κ1) is 14.0. The van der Waals surface area contributed by atoms with Gasteiger partial charge in [0.05, 0.1) is 19.2 Å². The molecule has 5 nitrogen and oxygen atoms in total. The zero-order chi connectivity index (χ0) is 13.8. The summed E-state index contributed by atoms with van der Waals surface area (Å²) < 4.78 is 4.58. The van der Waals surface area contributed by atoms with Crippen molar-refractivity contribution < 1.29 is 14.3 Å². The van der Waals surface area contributed by atoms with Crippen LogP contribution in [0.25, 0.3) is 0 Å². The van der Waals surface area contributed by atoms with E-state index in [1.807, 2.05) is 0 Å². The molecule has 1 aliphatic carbocycles. The van der Waals surface area contributed by atoms with Gasteiger partial charge >= 0.3 is 5.97 Å². The Morgan fingerprint density at radius 3 is 2.95 bits per heavy atom. The summed E-state index contributed by atoms with van der Waals surface area (Å²) in [6.07, 6.45) is 3.32. The Morgan fingerprint density at radius 2 is 2.32 bits per heavy atom. The molecule has 1 aromatic heterocycles. The molecule has 1 amide bonds. The van der Waals surface area contributed by atoms with Crippen LogP contribution in [0.1, 0.15) is 31.9 Å². The summed E-state index contributed by atoms with van der Waals surface area (Å²) in [4.78, 5) is 27.4. The Bertz CT molecular complexity index is 472. The second kappa shape index (κ2) is 6.14. The maximum absolute atomic E-state index is 12.1. The van der Waals surface area contributed by atoms with Gasteiger partial charge < -0.3 is 10.1 Å². The fraction of sp³-hybridized carbons (Fsp3) is 0.615. The molecule has 0 aromatic carbocycles. The number of thiazole rings is 1. The van der Waals surface area contributed by atoms with Crippen molar-refractivity contribution in [1.82, 2.24) is 4.98 Å². The van der Waals surface area contributed by atoms with Crippen LogP contribution in [-0.4, -0.2) is 24.0 Å². The topological polar surface area (TPSA) is 68.3 Å². The van der Waals surface area contributed by atoms with Gasteiger partial charge in [-0.05, 0) is 18.8 Å². The van der Waals surface area contributed by atoms with Crippen molar-refractivity contribution in [1.29, 1.82) is 0 Å². The fourth-order valence-electron chi connectivity index (χ4n) is 2.40. The SMILES string of the molecule is COC(=O)Cc1csc(NC(=O)C2CCCC2C)n1. The summed E-state index contributed by atoms with van der Waals surface area (Å²) in [5.41, 5.74) is 0.631. The molecule has 0 radical (unpaired) electrons. The van der Waals surface area contributed by atoms with E-state index >= 15 is 0 Å². The molecular weight excluding hydrogens is 264 g/mol. The Kier molecular flexibility index (Phi) is 4.52. The van der Waals surface area contributed by atoms with Crippen molar-refractivity contribution in [3.8, 4) is 0 Å². The minimum absolute atomic E-state index is 0.0453. The zero-order valence-electron chi connectivity index (χ0n) is 11.1. The number of carbonyl (C=O) groups is 2. The number of anilines is 1. The Balaban J connectivity index is 1.92. The Morgan fingerprint density at radius 1 is 1.53 bits per heavy atom. The minimum Gasteiger partial charge on any atom is -0.469 e. The van der Waals surface area contributed by atoms with Crippen LogP contribution in [-0.2, 0) is 20.7 Å². The van der Waals surface area contributed by atoms with Crippen LogP contribution in [0.15, 0.2) is 5.38 Å². The highest BCUT2D eigenvalue weighted by molar-refractivity contribution is 7.13. The first-order chi connectivity index (χ1) is 9.10. The molecule has 1 saturated carbocycles. The molecule has 0 saturated heterocycles. The lowest BCUT2D eigenvalue weighted by Crippen LogP contribution is -2.24. The van der Waals surface area contributed by atoms with E-state index < -0.39 is 0 Å². The van der Waals surface area contributed by atoms with Crippen molar-refractivity contribution in [2.45, 2.75) is 32.6 Å². The molecule has 0 bridgehead atoms. The molecule has 104 valence electrons. The summed E-state index contributed by atoms with van der Waals surface area (Å²) >= 11 is 1.34. The summed E-state index contributed by atoms with van der Waals surface area (Å²) in [6.45, 7) is 2.11. The number of esters is 1. The molecule has 0 aliphatic heterocycles. The maximum Gasteiger partial charge on any atom is 0.311 e. The van der Waals surface area contributed by atoms with Gasteiger partial charge in [0.1, 0.15) is 0 Å². The Hall–Kier alpha value is -1.43. The number of amides is 1. The molecule has 1 fully saturated rings. The molecule has 0 spiro atoms. The van der Waals surface area contributed by atoms with Gasteiger partial charge in [0.15, 0.2) is 5.13 Å². The summed E-state index contributed by atoms with van der Waals surface area (Å²) in [5.74, 6) is 0.249. The minimum atomic E-state index is -0.326. The van der Waals surface area contributed by atoms with Crippen LogP contribution in [0.5, 0.6) is 0 Å². The van der Waals surface area contributed by atoms with E-state index in [0.29, 0.717) is 16.7 Å².